The van der Waals surface area contributed by atoms with Crippen LogP contribution in [0, 0.1) is 11.8 Å². The Morgan fingerprint density at radius 1 is 1.20 bits per heavy atom. The fourth-order valence-corrected chi connectivity index (χ4v) is 2.49. The second kappa shape index (κ2) is 7.07. The van der Waals surface area contributed by atoms with Gasteiger partial charge in [0, 0.05) is 13.1 Å². The summed E-state index contributed by atoms with van der Waals surface area (Å²) in [6.07, 6.45) is 3.48. The van der Waals surface area contributed by atoms with E-state index in [0.29, 0.717) is 45.1 Å². The zero-order chi connectivity index (χ0) is 14.5. The van der Waals surface area contributed by atoms with E-state index in [1.54, 1.807) is 0 Å². The van der Waals surface area contributed by atoms with Gasteiger partial charge < -0.3 is 14.4 Å². The summed E-state index contributed by atoms with van der Waals surface area (Å²) in [7, 11) is 0. The molecule has 1 aliphatic heterocycles. The Morgan fingerprint density at radius 2 is 1.85 bits per heavy atom. The largest absolute Gasteiger partial charge is 0.466 e. The molecule has 5 nitrogen and oxygen atoms in total. The molecule has 2 rings (SSSR count). The molecule has 0 aromatic rings. The highest BCUT2D eigenvalue weighted by atomic mass is 16.5. The van der Waals surface area contributed by atoms with Crippen LogP contribution >= 0.6 is 0 Å². The minimum Gasteiger partial charge on any atom is -0.466 e. The van der Waals surface area contributed by atoms with Gasteiger partial charge in [0.1, 0.15) is 6.10 Å². The van der Waals surface area contributed by atoms with Gasteiger partial charge in [0.15, 0.2) is 0 Å². The van der Waals surface area contributed by atoms with Gasteiger partial charge in [0.05, 0.1) is 19.1 Å². The Labute approximate surface area is 120 Å². The van der Waals surface area contributed by atoms with Crippen LogP contribution in [-0.2, 0) is 19.1 Å². The second-order valence-electron chi connectivity index (χ2n) is 5.77. The Hall–Kier alpha value is -1.10. The van der Waals surface area contributed by atoms with E-state index in [4.69, 9.17) is 9.47 Å². The molecule has 0 N–H and O–H groups in total. The maximum atomic E-state index is 12.2. The molecule has 1 aliphatic carbocycles. The van der Waals surface area contributed by atoms with Crippen LogP contribution in [0.25, 0.3) is 0 Å². The molecular weight excluding hydrogens is 258 g/mol. The van der Waals surface area contributed by atoms with Crippen LogP contribution in [0.2, 0.25) is 0 Å². The maximum Gasteiger partial charge on any atom is 0.309 e. The van der Waals surface area contributed by atoms with E-state index in [9.17, 15) is 9.59 Å². The number of hydrogen-bond acceptors (Lipinski definition) is 4. The standard InChI is InChI=1S/C15H25NO4/c1-3-19-15(18)13-6-8-16(9-7-13)14(17)11(2)20-10-12-4-5-12/h11-13H,3-10H2,1-2H3. The van der Waals surface area contributed by atoms with Crippen molar-refractivity contribution in [3.63, 3.8) is 0 Å². The molecule has 5 heteroatoms. The highest BCUT2D eigenvalue weighted by molar-refractivity contribution is 5.81. The predicted molar refractivity (Wildman–Crippen MR) is 74.1 cm³/mol. The molecular formula is C15H25NO4. The van der Waals surface area contributed by atoms with E-state index in [1.807, 2.05) is 18.7 Å². The first kappa shape index (κ1) is 15.3. The zero-order valence-corrected chi connectivity index (χ0v) is 12.5. The molecule has 0 aromatic heterocycles. The van der Waals surface area contributed by atoms with E-state index in [-0.39, 0.29) is 23.9 Å². The number of rotatable bonds is 6. The normalized spacial score (nSPS) is 21.6. The van der Waals surface area contributed by atoms with Crippen LogP contribution in [-0.4, -0.2) is 49.2 Å². The molecule has 1 heterocycles. The zero-order valence-electron chi connectivity index (χ0n) is 12.5. The summed E-state index contributed by atoms with van der Waals surface area (Å²) in [4.78, 5) is 25.7. The Bertz CT molecular complexity index is 346. The maximum absolute atomic E-state index is 12.2. The van der Waals surface area contributed by atoms with Crippen LogP contribution in [0.1, 0.15) is 39.5 Å². The molecule has 1 saturated carbocycles. The van der Waals surface area contributed by atoms with E-state index < -0.39 is 0 Å². The molecule has 1 unspecified atom stereocenters. The Kier molecular flexibility index (Phi) is 5.40. The van der Waals surface area contributed by atoms with E-state index >= 15 is 0 Å². The number of hydrogen-bond donors (Lipinski definition) is 0. The summed E-state index contributed by atoms with van der Waals surface area (Å²) < 4.78 is 10.6. The van der Waals surface area contributed by atoms with E-state index in [2.05, 4.69) is 0 Å². The van der Waals surface area contributed by atoms with Crippen LogP contribution in [0.5, 0.6) is 0 Å². The summed E-state index contributed by atoms with van der Waals surface area (Å²) in [5.74, 6) is 0.534. The van der Waals surface area contributed by atoms with Crippen molar-refractivity contribution in [1.29, 1.82) is 0 Å². The van der Waals surface area contributed by atoms with Gasteiger partial charge >= 0.3 is 5.97 Å². The van der Waals surface area contributed by atoms with E-state index in [0.717, 1.165) is 0 Å². The first-order valence-corrected chi connectivity index (χ1v) is 7.68. The molecule has 0 bridgehead atoms. The number of piperidine rings is 1. The minimum absolute atomic E-state index is 0.0490. The van der Waals surface area contributed by atoms with Gasteiger partial charge in [0.25, 0.3) is 5.91 Å². The summed E-state index contributed by atoms with van der Waals surface area (Å²) >= 11 is 0. The van der Waals surface area contributed by atoms with Gasteiger partial charge in [-0.15, -0.1) is 0 Å². The fraction of sp³-hybridized carbons (Fsp3) is 0.867. The number of likely N-dealkylation sites (tertiary alicyclic amines) is 1. The molecule has 2 fully saturated rings. The number of carbonyl (C=O) groups excluding carboxylic acids is 2. The van der Waals surface area contributed by atoms with Gasteiger partial charge in [-0.05, 0) is 45.4 Å². The van der Waals surface area contributed by atoms with Gasteiger partial charge in [-0.2, -0.15) is 0 Å². The number of esters is 1. The smallest absolute Gasteiger partial charge is 0.309 e. The summed E-state index contributed by atoms with van der Waals surface area (Å²) in [6, 6.07) is 0. The third-order valence-electron chi connectivity index (χ3n) is 4.05. The lowest BCUT2D eigenvalue weighted by molar-refractivity contribution is -0.153. The molecule has 114 valence electrons. The van der Waals surface area contributed by atoms with Crippen molar-refractivity contribution in [2.75, 3.05) is 26.3 Å². The quantitative estimate of drug-likeness (QED) is 0.695. The fourth-order valence-electron chi connectivity index (χ4n) is 2.49. The van der Waals surface area contributed by atoms with Crippen LogP contribution < -0.4 is 0 Å². The third kappa shape index (κ3) is 4.20. The van der Waals surface area contributed by atoms with Crippen molar-refractivity contribution in [1.82, 2.24) is 4.90 Å². The Balaban J connectivity index is 1.71. The number of nitrogens with zero attached hydrogens (tertiary/aromatic N) is 1. The summed E-state index contributed by atoms with van der Waals surface area (Å²) in [5.41, 5.74) is 0. The summed E-state index contributed by atoms with van der Waals surface area (Å²) in [5, 5.41) is 0. The van der Waals surface area contributed by atoms with Gasteiger partial charge in [0.2, 0.25) is 0 Å². The monoisotopic (exact) mass is 283 g/mol. The molecule has 0 radical (unpaired) electrons. The minimum atomic E-state index is -0.366. The van der Waals surface area contributed by atoms with Crippen molar-refractivity contribution in [3.05, 3.63) is 0 Å². The van der Waals surface area contributed by atoms with Crippen molar-refractivity contribution in [2.45, 2.75) is 45.6 Å². The molecule has 0 spiro atoms. The number of amides is 1. The van der Waals surface area contributed by atoms with Crippen LogP contribution in [0.15, 0.2) is 0 Å². The predicted octanol–water partition coefficient (Wildman–Crippen LogP) is 1.60. The highest BCUT2D eigenvalue weighted by Gasteiger charge is 2.31. The average molecular weight is 283 g/mol. The summed E-state index contributed by atoms with van der Waals surface area (Å²) in [6.45, 7) is 6.01. The van der Waals surface area contributed by atoms with Gasteiger partial charge in [-0.3, -0.25) is 9.59 Å². The van der Waals surface area contributed by atoms with Crippen molar-refractivity contribution < 1.29 is 19.1 Å². The number of ether oxygens (including phenoxy) is 2. The number of carbonyl (C=O) groups is 2. The van der Waals surface area contributed by atoms with Crippen molar-refractivity contribution in [2.24, 2.45) is 11.8 Å². The molecule has 2 aliphatic rings. The average Bonchev–Trinajstić information content (AvgIpc) is 3.28. The molecule has 1 saturated heterocycles. The molecule has 20 heavy (non-hydrogen) atoms. The first-order chi connectivity index (χ1) is 9.61. The van der Waals surface area contributed by atoms with Gasteiger partial charge in [-0.25, -0.2) is 0 Å². The van der Waals surface area contributed by atoms with Gasteiger partial charge in [-0.1, -0.05) is 0 Å². The lowest BCUT2D eigenvalue weighted by Gasteiger charge is -2.32. The second-order valence-corrected chi connectivity index (χ2v) is 5.77. The Morgan fingerprint density at radius 3 is 2.40 bits per heavy atom. The van der Waals surface area contributed by atoms with E-state index in [1.165, 1.54) is 12.8 Å². The topological polar surface area (TPSA) is 55.8 Å². The highest BCUT2D eigenvalue weighted by Crippen LogP contribution is 2.29. The van der Waals surface area contributed by atoms with Crippen LogP contribution in [0.3, 0.4) is 0 Å². The lowest BCUT2D eigenvalue weighted by Crippen LogP contribution is -2.45. The molecule has 1 amide bonds. The first-order valence-electron chi connectivity index (χ1n) is 7.68. The van der Waals surface area contributed by atoms with Crippen molar-refractivity contribution in [3.8, 4) is 0 Å². The third-order valence-corrected chi connectivity index (χ3v) is 4.05. The van der Waals surface area contributed by atoms with Crippen LogP contribution in [0.4, 0.5) is 0 Å². The van der Waals surface area contributed by atoms with Crippen molar-refractivity contribution >= 4 is 11.9 Å². The SMILES string of the molecule is CCOC(=O)C1CCN(C(=O)C(C)OCC2CC2)CC1. The molecule has 0 aromatic carbocycles. The molecule has 1 atom stereocenters. The lowest BCUT2D eigenvalue weighted by atomic mass is 9.97.